The lowest BCUT2D eigenvalue weighted by atomic mass is 10.1. The number of hydrogen-bond donors (Lipinski definition) is 1. The minimum absolute atomic E-state index is 0.226. The Hall–Kier alpha value is -1.77. The van der Waals surface area contributed by atoms with Crippen molar-refractivity contribution in [2.24, 2.45) is 0 Å². The summed E-state index contributed by atoms with van der Waals surface area (Å²) in [5.74, 6) is -0.226. The van der Waals surface area contributed by atoms with Gasteiger partial charge in [0.1, 0.15) is 0 Å². The number of rotatable bonds is 1. The first kappa shape index (κ1) is 12.7. The van der Waals surface area contributed by atoms with Crippen LogP contribution in [-0.4, -0.2) is 36.6 Å². The number of ether oxygens (including phenoxy) is 1. The standard InChI is InChI=1S/C12H12ClN3O2/c13-11-9(2-1-3-10(11)15)12(17)16-4-5-18-8(6-14)7-16/h1-3,8H,4-5,7,15H2. The van der Waals surface area contributed by atoms with Gasteiger partial charge in [0.05, 0.1) is 35.5 Å². The minimum atomic E-state index is -0.581. The first-order valence-electron chi connectivity index (χ1n) is 5.48. The quantitative estimate of drug-likeness (QED) is 0.776. The molecule has 2 rings (SSSR count). The second-order valence-corrected chi connectivity index (χ2v) is 4.33. The Morgan fingerprint density at radius 2 is 2.39 bits per heavy atom. The van der Waals surface area contributed by atoms with Crippen LogP contribution >= 0.6 is 11.6 Å². The molecule has 1 aromatic rings. The van der Waals surface area contributed by atoms with Gasteiger partial charge in [-0.1, -0.05) is 17.7 Å². The third-order valence-electron chi connectivity index (χ3n) is 2.76. The largest absolute Gasteiger partial charge is 0.398 e. The summed E-state index contributed by atoms with van der Waals surface area (Å²) in [4.78, 5) is 13.8. The Balaban J connectivity index is 2.21. The van der Waals surface area contributed by atoms with Gasteiger partial charge < -0.3 is 15.4 Å². The number of nitrogen functional groups attached to an aromatic ring is 1. The molecule has 0 radical (unpaired) electrons. The van der Waals surface area contributed by atoms with Crippen LogP contribution in [0.1, 0.15) is 10.4 Å². The molecule has 1 fully saturated rings. The van der Waals surface area contributed by atoms with Crippen molar-refractivity contribution < 1.29 is 9.53 Å². The highest BCUT2D eigenvalue weighted by molar-refractivity contribution is 6.36. The van der Waals surface area contributed by atoms with Gasteiger partial charge in [-0.05, 0) is 12.1 Å². The highest BCUT2D eigenvalue weighted by atomic mass is 35.5. The van der Waals surface area contributed by atoms with Crippen LogP contribution in [0, 0.1) is 11.3 Å². The van der Waals surface area contributed by atoms with E-state index in [9.17, 15) is 4.79 Å². The number of nitrogens with two attached hydrogens (primary N) is 1. The summed E-state index contributed by atoms with van der Waals surface area (Å²) in [6.45, 7) is 1.05. The van der Waals surface area contributed by atoms with E-state index in [2.05, 4.69) is 0 Å². The van der Waals surface area contributed by atoms with E-state index in [0.717, 1.165) is 0 Å². The average molecular weight is 266 g/mol. The van der Waals surface area contributed by atoms with Crippen molar-refractivity contribution in [3.05, 3.63) is 28.8 Å². The maximum Gasteiger partial charge on any atom is 0.255 e. The molecule has 1 saturated heterocycles. The highest BCUT2D eigenvalue weighted by Gasteiger charge is 2.26. The summed E-state index contributed by atoms with van der Waals surface area (Å²) in [6.07, 6.45) is -0.581. The predicted molar refractivity (Wildman–Crippen MR) is 67.1 cm³/mol. The molecule has 1 aliphatic heterocycles. The van der Waals surface area contributed by atoms with E-state index in [1.54, 1.807) is 23.1 Å². The Morgan fingerprint density at radius 1 is 1.61 bits per heavy atom. The van der Waals surface area contributed by atoms with Crippen LogP contribution in [0.15, 0.2) is 18.2 Å². The van der Waals surface area contributed by atoms with Gasteiger partial charge in [-0.25, -0.2) is 0 Å². The molecular weight excluding hydrogens is 254 g/mol. The Morgan fingerprint density at radius 3 is 3.11 bits per heavy atom. The molecule has 6 heteroatoms. The van der Waals surface area contributed by atoms with Crippen LogP contribution in [0.4, 0.5) is 5.69 Å². The summed E-state index contributed by atoms with van der Waals surface area (Å²) in [5, 5.41) is 9.05. The fraction of sp³-hybridized carbons (Fsp3) is 0.333. The molecule has 94 valence electrons. The molecule has 0 aliphatic carbocycles. The zero-order chi connectivity index (χ0) is 13.1. The molecular formula is C12H12ClN3O2. The van der Waals surface area contributed by atoms with Gasteiger partial charge in [0.25, 0.3) is 5.91 Å². The van der Waals surface area contributed by atoms with Crippen LogP contribution in [0.25, 0.3) is 0 Å². The third-order valence-corrected chi connectivity index (χ3v) is 3.18. The van der Waals surface area contributed by atoms with Crippen LogP contribution < -0.4 is 5.73 Å². The summed E-state index contributed by atoms with van der Waals surface area (Å²) < 4.78 is 5.18. The van der Waals surface area contributed by atoms with E-state index in [0.29, 0.717) is 24.4 Å². The normalized spacial score (nSPS) is 19.3. The molecule has 0 saturated carbocycles. The SMILES string of the molecule is N#CC1CN(C(=O)c2cccc(N)c2Cl)CCO1. The fourth-order valence-corrected chi connectivity index (χ4v) is 2.00. The van der Waals surface area contributed by atoms with Crippen molar-refractivity contribution >= 4 is 23.2 Å². The molecule has 1 heterocycles. The number of nitriles is 1. The number of hydrogen-bond acceptors (Lipinski definition) is 4. The molecule has 1 amide bonds. The van der Waals surface area contributed by atoms with Gasteiger partial charge in [-0.2, -0.15) is 5.26 Å². The van der Waals surface area contributed by atoms with Gasteiger partial charge in [-0.3, -0.25) is 4.79 Å². The smallest absolute Gasteiger partial charge is 0.255 e. The van der Waals surface area contributed by atoms with Crippen molar-refractivity contribution in [1.29, 1.82) is 5.26 Å². The molecule has 1 aromatic carbocycles. The topological polar surface area (TPSA) is 79.4 Å². The van der Waals surface area contributed by atoms with E-state index in [1.165, 1.54) is 0 Å². The third kappa shape index (κ3) is 2.40. The fourth-order valence-electron chi connectivity index (χ4n) is 1.80. The maximum atomic E-state index is 12.3. The summed E-state index contributed by atoms with van der Waals surface area (Å²) in [7, 11) is 0. The minimum Gasteiger partial charge on any atom is -0.398 e. The number of morpholine rings is 1. The molecule has 18 heavy (non-hydrogen) atoms. The van der Waals surface area contributed by atoms with E-state index >= 15 is 0 Å². The molecule has 0 aromatic heterocycles. The van der Waals surface area contributed by atoms with Crippen LogP contribution in [0.3, 0.4) is 0 Å². The number of benzene rings is 1. The number of anilines is 1. The summed E-state index contributed by atoms with van der Waals surface area (Å²) >= 11 is 6.01. The van der Waals surface area contributed by atoms with Crippen LogP contribution in [-0.2, 0) is 4.74 Å². The monoisotopic (exact) mass is 265 g/mol. The first-order valence-corrected chi connectivity index (χ1v) is 5.85. The molecule has 0 bridgehead atoms. The van der Waals surface area contributed by atoms with E-state index in [1.807, 2.05) is 6.07 Å². The number of nitrogens with zero attached hydrogens (tertiary/aromatic N) is 2. The molecule has 1 atom stereocenters. The second kappa shape index (κ2) is 5.25. The van der Waals surface area contributed by atoms with Gasteiger partial charge in [-0.15, -0.1) is 0 Å². The van der Waals surface area contributed by atoms with E-state index in [-0.39, 0.29) is 17.5 Å². The number of halogens is 1. The van der Waals surface area contributed by atoms with E-state index < -0.39 is 6.10 Å². The van der Waals surface area contributed by atoms with Gasteiger partial charge in [0, 0.05) is 6.54 Å². The molecule has 2 N–H and O–H groups in total. The lowest BCUT2D eigenvalue weighted by molar-refractivity contribution is 0.00348. The van der Waals surface area contributed by atoms with Crippen LogP contribution in [0.2, 0.25) is 5.02 Å². The second-order valence-electron chi connectivity index (χ2n) is 3.95. The average Bonchev–Trinajstić information content (AvgIpc) is 2.41. The highest BCUT2D eigenvalue weighted by Crippen LogP contribution is 2.24. The number of amides is 1. The lowest BCUT2D eigenvalue weighted by Crippen LogP contribution is -2.45. The predicted octanol–water partition coefficient (Wildman–Crippen LogP) is 1.29. The van der Waals surface area contributed by atoms with Gasteiger partial charge in [0.2, 0.25) is 0 Å². The Kier molecular flexibility index (Phi) is 3.70. The van der Waals surface area contributed by atoms with E-state index in [4.69, 9.17) is 27.3 Å². The first-order chi connectivity index (χ1) is 8.63. The number of carbonyl (C=O) groups excluding carboxylic acids is 1. The molecule has 1 aliphatic rings. The molecule has 1 unspecified atom stereocenters. The van der Waals surface area contributed by atoms with Crippen molar-refractivity contribution in [2.75, 3.05) is 25.4 Å². The molecule has 0 spiro atoms. The zero-order valence-electron chi connectivity index (χ0n) is 9.60. The molecule has 5 nitrogen and oxygen atoms in total. The van der Waals surface area contributed by atoms with Crippen LogP contribution in [0.5, 0.6) is 0 Å². The maximum absolute atomic E-state index is 12.3. The lowest BCUT2D eigenvalue weighted by Gasteiger charge is -2.30. The van der Waals surface area contributed by atoms with Gasteiger partial charge in [0.15, 0.2) is 6.10 Å². The Bertz CT molecular complexity index is 513. The van der Waals surface area contributed by atoms with Crippen molar-refractivity contribution in [3.8, 4) is 6.07 Å². The van der Waals surface area contributed by atoms with Crippen molar-refractivity contribution in [2.45, 2.75) is 6.10 Å². The summed E-state index contributed by atoms with van der Waals surface area (Å²) in [6, 6.07) is 6.93. The number of carbonyl (C=O) groups is 1. The van der Waals surface area contributed by atoms with Crippen molar-refractivity contribution in [3.63, 3.8) is 0 Å². The van der Waals surface area contributed by atoms with Gasteiger partial charge >= 0.3 is 0 Å². The zero-order valence-corrected chi connectivity index (χ0v) is 10.4. The summed E-state index contributed by atoms with van der Waals surface area (Å²) in [5.41, 5.74) is 6.39. The van der Waals surface area contributed by atoms with Crippen molar-refractivity contribution in [1.82, 2.24) is 4.90 Å². The Labute approximate surface area is 110 Å².